The number of rotatable bonds is 5. The van der Waals surface area contributed by atoms with Crippen LogP contribution in [0.3, 0.4) is 0 Å². The summed E-state index contributed by atoms with van der Waals surface area (Å²) in [5.74, 6) is -0.0907. The third-order valence-electron chi connectivity index (χ3n) is 4.93. The first kappa shape index (κ1) is 20.2. The average molecular weight is 416 g/mol. The number of esters is 1. The Morgan fingerprint density at radius 2 is 1.81 bits per heavy atom. The Labute approximate surface area is 178 Å². The molecule has 31 heavy (non-hydrogen) atoms. The van der Waals surface area contributed by atoms with Crippen molar-refractivity contribution in [2.75, 3.05) is 7.11 Å². The zero-order valence-electron chi connectivity index (χ0n) is 17.0. The van der Waals surface area contributed by atoms with Crippen molar-refractivity contribution in [2.24, 2.45) is 0 Å². The van der Waals surface area contributed by atoms with Gasteiger partial charge in [0.05, 0.1) is 19.2 Å². The van der Waals surface area contributed by atoms with E-state index in [1.54, 1.807) is 36.4 Å². The van der Waals surface area contributed by atoms with Gasteiger partial charge in [0.25, 0.3) is 5.91 Å². The number of methoxy groups -OCH3 is 1. The van der Waals surface area contributed by atoms with E-state index in [-0.39, 0.29) is 12.2 Å². The van der Waals surface area contributed by atoms with Crippen LogP contribution in [0.4, 0.5) is 4.79 Å². The second-order valence-electron chi connectivity index (χ2n) is 7.10. The molecule has 3 amide bonds. The highest BCUT2D eigenvalue weighted by Crippen LogP contribution is 2.28. The van der Waals surface area contributed by atoms with E-state index in [1.807, 2.05) is 31.2 Å². The summed E-state index contributed by atoms with van der Waals surface area (Å²) < 4.78 is 10.6. The molecule has 1 fully saturated rings. The van der Waals surface area contributed by atoms with Crippen molar-refractivity contribution in [1.82, 2.24) is 10.2 Å². The summed E-state index contributed by atoms with van der Waals surface area (Å²) in [6, 6.07) is 17.4. The molecular formula is C24H20N2O5. The highest BCUT2D eigenvalue weighted by molar-refractivity contribution is 6.13. The first-order valence-corrected chi connectivity index (χ1v) is 9.64. The fourth-order valence-corrected chi connectivity index (χ4v) is 3.29. The SMILES string of the molecule is COC(=O)c1ccccc1-c1ccc(/C=C2/NC(=O)N(Cc3ccc(C)cc3)C2=O)o1. The number of furan rings is 1. The standard InChI is InChI=1S/C24H20N2O5/c1-15-7-9-16(10-8-15)14-26-22(27)20(25-24(26)29)13-17-11-12-21(31-17)18-5-3-4-6-19(18)23(28)30-2/h3-13H,14H2,1-2H3,(H,25,29)/b20-13+. The van der Waals surface area contributed by atoms with Crippen LogP contribution in [0.2, 0.25) is 0 Å². The summed E-state index contributed by atoms with van der Waals surface area (Å²) in [7, 11) is 1.31. The minimum absolute atomic E-state index is 0.124. The van der Waals surface area contributed by atoms with Gasteiger partial charge in [0.1, 0.15) is 17.2 Å². The first-order chi connectivity index (χ1) is 15.0. The van der Waals surface area contributed by atoms with E-state index in [2.05, 4.69) is 5.32 Å². The quantitative estimate of drug-likeness (QED) is 0.384. The molecule has 0 atom stereocenters. The van der Waals surface area contributed by atoms with Crippen LogP contribution in [-0.4, -0.2) is 29.9 Å². The normalized spacial score (nSPS) is 14.8. The number of aryl methyl sites for hydroxylation is 1. The van der Waals surface area contributed by atoms with E-state index in [0.717, 1.165) is 16.0 Å². The molecule has 0 bridgehead atoms. The van der Waals surface area contributed by atoms with Crippen LogP contribution in [0.5, 0.6) is 0 Å². The van der Waals surface area contributed by atoms with Crippen LogP contribution in [0.25, 0.3) is 17.4 Å². The molecule has 2 heterocycles. The van der Waals surface area contributed by atoms with Gasteiger partial charge in [0.15, 0.2) is 0 Å². The number of hydrogen-bond acceptors (Lipinski definition) is 5. The number of ether oxygens (including phenoxy) is 1. The maximum Gasteiger partial charge on any atom is 0.338 e. The number of nitrogens with zero attached hydrogens (tertiary/aromatic N) is 1. The number of hydrogen-bond donors (Lipinski definition) is 1. The summed E-state index contributed by atoms with van der Waals surface area (Å²) in [6.45, 7) is 2.15. The molecule has 1 saturated heterocycles. The highest BCUT2D eigenvalue weighted by atomic mass is 16.5. The molecule has 1 aromatic heterocycles. The zero-order chi connectivity index (χ0) is 22.0. The van der Waals surface area contributed by atoms with Crippen LogP contribution < -0.4 is 5.32 Å². The molecule has 1 aliphatic rings. The molecule has 2 aromatic carbocycles. The number of benzene rings is 2. The molecule has 156 valence electrons. The third kappa shape index (κ3) is 4.11. The van der Waals surface area contributed by atoms with Gasteiger partial charge in [-0.15, -0.1) is 0 Å². The molecule has 0 spiro atoms. The fourth-order valence-electron chi connectivity index (χ4n) is 3.29. The first-order valence-electron chi connectivity index (χ1n) is 9.64. The Kier molecular flexibility index (Phi) is 5.41. The van der Waals surface area contributed by atoms with Crippen LogP contribution >= 0.6 is 0 Å². The molecule has 0 radical (unpaired) electrons. The van der Waals surface area contributed by atoms with Gasteiger partial charge in [-0.25, -0.2) is 9.59 Å². The Morgan fingerprint density at radius 3 is 2.55 bits per heavy atom. The minimum Gasteiger partial charge on any atom is -0.465 e. The second-order valence-corrected chi connectivity index (χ2v) is 7.10. The number of imide groups is 1. The van der Waals surface area contributed by atoms with Gasteiger partial charge < -0.3 is 14.5 Å². The molecule has 1 aliphatic heterocycles. The zero-order valence-corrected chi connectivity index (χ0v) is 17.0. The summed E-state index contributed by atoms with van der Waals surface area (Å²) in [5.41, 5.74) is 3.02. The van der Waals surface area contributed by atoms with Gasteiger partial charge in [-0.1, -0.05) is 48.0 Å². The monoisotopic (exact) mass is 416 g/mol. The van der Waals surface area contributed by atoms with E-state index < -0.39 is 17.9 Å². The predicted molar refractivity (Wildman–Crippen MR) is 114 cm³/mol. The molecule has 0 unspecified atom stereocenters. The van der Waals surface area contributed by atoms with Crippen molar-refractivity contribution in [3.8, 4) is 11.3 Å². The summed E-state index contributed by atoms with van der Waals surface area (Å²) in [5, 5.41) is 2.59. The lowest BCUT2D eigenvalue weighted by atomic mass is 10.1. The van der Waals surface area contributed by atoms with Gasteiger partial charge in [0.2, 0.25) is 0 Å². The number of nitrogens with one attached hydrogen (secondary N) is 1. The van der Waals surface area contributed by atoms with E-state index in [9.17, 15) is 14.4 Å². The highest BCUT2D eigenvalue weighted by Gasteiger charge is 2.33. The summed E-state index contributed by atoms with van der Waals surface area (Å²) >= 11 is 0. The molecular weight excluding hydrogens is 396 g/mol. The van der Waals surface area contributed by atoms with Gasteiger partial charge in [-0.3, -0.25) is 9.69 Å². The lowest BCUT2D eigenvalue weighted by Crippen LogP contribution is -2.30. The van der Waals surface area contributed by atoms with Crippen LogP contribution in [0.15, 0.2) is 70.8 Å². The molecule has 3 aromatic rings. The van der Waals surface area contributed by atoms with Crippen molar-refractivity contribution in [3.63, 3.8) is 0 Å². The maximum atomic E-state index is 12.7. The van der Waals surface area contributed by atoms with Crippen LogP contribution in [-0.2, 0) is 16.1 Å². The van der Waals surface area contributed by atoms with Gasteiger partial charge >= 0.3 is 12.0 Å². The topological polar surface area (TPSA) is 88.9 Å². The van der Waals surface area contributed by atoms with Crippen LogP contribution in [0, 0.1) is 6.92 Å². The number of amides is 3. The van der Waals surface area contributed by atoms with Crippen molar-refractivity contribution in [3.05, 3.63) is 88.8 Å². The van der Waals surface area contributed by atoms with Crippen molar-refractivity contribution in [2.45, 2.75) is 13.5 Å². The number of carbonyl (C=O) groups is 3. The molecule has 4 rings (SSSR count). The van der Waals surface area contributed by atoms with E-state index in [1.165, 1.54) is 13.2 Å². The molecule has 7 nitrogen and oxygen atoms in total. The van der Waals surface area contributed by atoms with Gasteiger partial charge in [-0.05, 0) is 30.7 Å². The smallest absolute Gasteiger partial charge is 0.338 e. The minimum atomic E-state index is -0.486. The van der Waals surface area contributed by atoms with Crippen molar-refractivity contribution >= 4 is 24.0 Å². The molecule has 1 N–H and O–H groups in total. The molecule has 0 aliphatic carbocycles. The maximum absolute atomic E-state index is 12.7. The van der Waals surface area contributed by atoms with E-state index >= 15 is 0 Å². The molecule has 7 heteroatoms. The Hall–Kier alpha value is -4.13. The Balaban J connectivity index is 1.56. The Morgan fingerprint density at radius 1 is 1.06 bits per heavy atom. The second kappa shape index (κ2) is 8.31. The van der Waals surface area contributed by atoms with Gasteiger partial charge in [0, 0.05) is 11.6 Å². The lowest BCUT2D eigenvalue weighted by molar-refractivity contribution is -0.123. The lowest BCUT2D eigenvalue weighted by Gasteiger charge is -2.11. The van der Waals surface area contributed by atoms with E-state index in [0.29, 0.717) is 22.6 Å². The summed E-state index contributed by atoms with van der Waals surface area (Å²) in [6.07, 6.45) is 1.47. The van der Waals surface area contributed by atoms with Gasteiger partial charge in [-0.2, -0.15) is 0 Å². The van der Waals surface area contributed by atoms with E-state index in [4.69, 9.17) is 9.15 Å². The molecule has 0 saturated carbocycles. The number of carbonyl (C=O) groups excluding carboxylic acids is 3. The summed E-state index contributed by atoms with van der Waals surface area (Å²) in [4.78, 5) is 38.2. The third-order valence-corrected chi connectivity index (χ3v) is 4.93. The van der Waals surface area contributed by atoms with Crippen molar-refractivity contribution < 1.29 is 23.5 Å². The van der Waals surface area contributed by atoms with Crippen LogP contribution in [0.1, 0.15) is 27.2 Å². The average Bonchev–Trinajstić information content (AvgIpc) is 3.35. The number of urea groups is 1. The largest absolute Gasteiger partial charge is 0.465 e. The fraction of sp³-hybridized carbons (Fsp3) is 0.125. The van der Waals surface area contributed by atoms with Crippen molar-refractivity contribution in [1.29, 1.82) is 0 Å². The predicted octanol–water partition coefficient (Wildman–Crippen LogP) is 4.13. The Bertz CT molecular complexity index is 1190.